The molecule has 2 fully saturated rings. The fourth-order valence-corrected chi connectivity index (χ4v) is 3.52. The van der Waals surface area contributed by atoms with Gasteiger partial charge in [0, 0.05) is 19.0 Å². The minimum atomic E-state index is -0.425. The van der Waals surface area contributed by atoms with Crippen molar-refractivity contribution in [2.75, 3.05) is 20.1 Å². The summed E-state index contributed by atoms with van der Waals surface area (Å²) in [7, 11) is 2.17. The number of hydrogen-bond donors (Lipinski definition) is 1. The van der Waals surface area contributed by atoms with E-state index in [-0.39, 0.29) is 17.6 Å². The average Bonchev–Trinajstić information content (AvgIpc) is 2.30. The molecule has 106 valence electrons. The first-order chi connectivity index (χ1) is 8.22. The van der Waals surface area contributed by atoms with Gasteiger partial charge >= 0.3 is 0 Å². The molecule has 0 bridgehead atoms. The first-order valence-electron chi connectivity index (χ1n) is 7.29. The lowest BCUT2D eigenvalue weighted by Crippen LogP contribution is -2.43. The van der Waals surface area contributed by atoms with Crippen molar-refractivity contribution in [2.24, 2.45) is 11.8 Å². The van der Waals surface area contributed by atoms with E-state index < -0.39 is 5.60 Å². The number of aliphatic hydroxyl groups excluding tert-OH is 1. The molecule has 1 saturated heterocycles. The molecule has 0 aromatic rings. The third kappa shape index (κ3) is 2.73. The Kier molecular flexibility index (Phi) is 3.79. The molecule has 1 heterocycles. The van der Waals surface area contributed by atoms with E-state index in [0.29, 0.717) is 0 Å². The van der Waals surface area contributed by atoms with Crippen LogP contribution < -0.4 is 0 Å². The zero-order chi connectivity index (χ0) is 13.6. The number of hydrogen-bond acceptors (Lipinski definition) is 3. The smallest absolute Gasteiger partial charge is 0.0896 e. The number of rotatable bonds is 4. The van der Waals surface area contributed by atoms with Crippen LogP contribution >= 0.6 is 0 Å². The number of nitrogens with zero attached hydrogens (tertiary/aromatic N) is 1. The van der Waals surface area contributed by atoms with E-state index in [9.17, 15) is 5.11 Å². The molecule has 1 N–H and O–H groups in total. The van der Waals surface area contributed by atoms with E-state index in [1.807, 2.05) is 13.8 Å². The third-order valence-corrected chi connectivity index (χ3v) is 4.82. The monoisotopic (exact) mass is 255 g/mol. The highest BCUT2D eigenvalue weighted by Crippen LogP contribution is 2.42. The van der Waals surface area contributed by atoms with Crippen LogP contribution in [0, 0.1) is 11.8 Å². The van der Waals surface area contributed by atoms with Gasteiger partial charge in [0.2, 0.25) is 0 Å². The summed E-state index contributed by atoms with van der Waals surface area (Å²) in [6.45, 7) is 10.3. The van der Waals surface area contributed by atoms with E-state index in [1.54, 1.807) is 0 Å². The van der Waals surface area contributed by atoms with Crippen LogP contribution in [0.3, 0.4) is 0 Å². The summed E-state index contributed by atoms with van der Waals surface area (Å²) < 4.78 is 6.03. The average molecular weight is 255 g/mol. The Hall–Kier alpha value is -0.120. The lowest BCUT2D eigenvalue weighted by atomic mass is 9.82. The maximum atomic E-state index is 10.5. The molecule has 2 aliphatic rings. The number of ether oxygens (including phenoxy) is 1. The second kappa shape index (κ2) is 4.77. The van der Waals surface area contributed by atoms with Crippen molar-refractivity contribution in [1.82, 2.24) is 4.90 Å². The zero-order valence-electron chi connectivity index (χ0n) is 12.6. The Labute approximate surface area is 112 Å². The summed E-state index contributed by atoms with van der Waals surface area (Å²) in [5.74, 6) is 1.07. The lowest BCUT2D eigenvalue weighted by Gasteiger charge is -2.34. The van der Waals surface area contributed by atoms with E-state index in [4.69, 9.17) is 4.74 Å². The largest absolute Gasteiger partial charge is 0.390 e. The van der Waals surface area contributed by atoms with Gasteiger partial charge in [-0.15, -0.1) is 0 Å². The zero-order valence-corrected chi connectivity index (χ0v) is 12.6. The third-order valence-electron chi connectivity index (χ3n) is 4.82. The van der Waals surface area contributed by atoms with Crippen LogP contribution in [0.2, 0.25) is 0 Å². The summed E-state index contributed by atoms with van der Waals surface area (Å²) in [6.07, 6.45) is 3.77. The van der Waals surface area contributed by atoms with Gasteiger partial charge in [0.25, 0.3) is 0 Å². The molecule has 3 nitrogen and oxygen atoms in total. The fourth-order valence-electron chi connectivity index (χ4n) is 3.52. The van der Waals surface area contributed by atoms with Gasteiger partial charge in [-0.3, -0.25) is 0 Å². The molecule has 2 atom stereocenters. The van der Waals surface area contributed by atoms with Crippen LogP contribution in [0.1, 0.15) is 47.0 Å². The molecule has 0 amide bonds. The fraction of sp³-hybridized carbons (Fsp3) is 1.00. The van der Waals surface area contributed by atoms with Crippen molar-refractivity contribution in [1.29, 1.82) is 0 Å². The highest BCUT2D eigenvalue weighted by atomic mass is 16.5. The Balaban J connectivity index is 1.94. The second-order valence-electron chi connectivity index (χ2n) is 7.38. The maximum absolute atomic E-state index is 10.5. The molecule has 0 aromatic carbocycles. The topological polar surface area (TPSA) is 32.7 Å². The maximum Gasteiger partial charge on any atom is 0.0896 e. The normalized spacial score (nSPS) is 34.8. The van der Waals surface area contributed by atoms with Crippen molar-refractivity contribution in [2.45, 2.75) is 64.3 Å². The quantitative estimate of drug-likeness (QED) is 0.836. The molecule has 2 unspecified atom stereocenters. The molecule has 18 heavy (non-hydrogen) atoms. The Bertz CT molecular complexity index is 297. The van der Waals surface area contributed by atoms with Crippen molar-refractivity contribution >= 4 is 0 Å². The molecular weight excluding hydrogens is 226 g/mol. The summed E-state index contributed by atoms with van der Waals surface area (Å²) in [6, 6.07) is 0. The van der Waals surface area contributed by atoms with Crippen molar-refractivity contribution in [3.8, 4) is 0 Å². The van der Waals surface area contributed by atoms with Gasteiger partial charge in [0.1, 0.15) is 0 Å². The van der Waals surface area contributed by atoms with Gasteiger partial charge in [0.15, 0.2) is 0 Å². The van der Waals surface area contributed by atoms with E-state index >= 15 is 0 Å². The van der Waals surface area contributed by atoms with Crippen LogP contribution in [0.25, 0.3) is 0 Å². The van der Waals surface area contributed by atoms with Crippen molar-refractivity contribution < 1.29 is 9.84 Å². The second-order valence-corrected chi connectivity index (χ2v) is 7.38. The van der Waals surface area contributed by atoms with Gasteiger partial charge in [-0.05, 0) is 53.5 Å². The Morgan fingerprint density at radius 2 is 1.72 bits per heavy atom. The summed E-state index contributed by atoms with van der Waals surface area (Å²) in [4.78, 5) is 2.38. The van der Waals surface area contributed by atoms with Crippen LogP contribution in [0.5, 0.6) is 0 Å². The SMILES string of the molecule is CN(CC1CCC1)CC1C(O)C(C)(C)OC1(C)C. The molecular formula is C15H29NO2. The van der Waals surface area contributed by atoms with Gasteiger partial charge in [-0.1, -0.05) is 6.42 Å². The predicted molar refractivity (Wildman–Crippen MR) is 73.6 cm³/mol. The van der Waals surface area contributed by atoms with Crippen LogP contribution in [0.4, 0.5) is 0 Å². The highest BCUT2D eigenvalue weighted by Gasteiger charge is 2.53. The first kappa shape index (κ1) is 14.3. The molecule has 1 saturated carbocycles. The lowest BCUT2D eigenvalue weighted by molar-refractivity contribution is -0.0913. The number of aliphatic hydroxyl groups is 1. The van der Waals surface area contributed by atoms with Gasteiger partial charge < -0.3 is 14.7 Å². The van der Waals surface area contributed by atoms with Gasteiger partial charge in [-0.25, -0.2) is 0 Å². The molecule has 3 heteroatoms. The predicted octanol–water partition coefficient (Wildman–Crippen LogP) is 2.28. The van der Waals surface area contributed by atoms with Gasteiger partial charge in [-0.2, -0.15) is 0 Å². The van der Waals surface area contributed by atoms with Crippen LogP contribution in [-0.4, -0.2) is 47.4 Å². The molecule has 1 aliphatic carbocycles. The molecule has 2 rings (SSSR count). The standard InChI is InChI=1S/C15H29NO2/c1-14(2)12(13(17)15(3,4)18-14)10-16(5)9-11-7-6-8-11/h11-13,17H,6-10H2,1-5H3. The minimum Gasteiger partial charge on any atom is -0.390 e. The van der Waals surface area contributed by atoms with Crippen LogP contribution in [-0.2, 0) is 4.74 Å². The minimum absolute atomic E-state index is 0.192. The van der Waals surface area contributed by atoms with Gasteiger partial charge in [0.05, 0.1) is 17.3 Å². The summed E-state index contributed by atoms with van der Waals surface area (Å²) in [5.41, 5.74) is -0.664. The summed E-state index contributed by atoms with van der Waals surface area (Å²) >= 11 is 0. The summed E-state index contributed by atoms with van der Waals surface area (Å²) in [5, 5.41) is 10.5. The van der Waals surface area contributed by atoms with Crippen LogP contribution in [0.15, 0.2) is 0 Å². The molecule has 1 aliphatic heterocycles. The van der Waals surface area contributed by atoms with E-state index in [1.165, 1.54) is 25.8 Å². The molecule has 0 aromatic heterocycles. The first-order valence-corrected chi connectivity index (χ1v) is 7.29. The molecule has 0 spiro atoms. The van der Waals surface area contributed by atoms with Crippen molar-refractivity contribution in [3.05, 3.63) is 0 Å². The van der Waals surface area contributed by atoms with E-state index in [2.05, 4.69) is 25.8 Å². The van der Waals surface area contributed by atoms with E-state index in [0.717, 1.165) is 12.5 Å². The Morgan fingerprint density at radius 1 is 1.11 bits per heavy atom. The molecule has 0 radical (unpaired) electrons. The van der Waals surface area contributed by atoms with Crippen molar-refractivity contribution in [3.63, 3.8) is 0 Å². The Morgan fingerprint density at radius 3 is 2.11 bits per heavy atom. The highest BCUT2D eigenvalue weighted by molar-refractivity contribution is 5.02.